The van der Waals surface area contributed by atoms with Crippen LogP contribution in [0.1, 0.15) is 11.1 Å². The van der Waals surface area contributed by atoms with Crippen LogP contribution in [0.3, 0.4) is 0 Å². The van der Waals surface area contributed by atoms with Crippen molar-refractivity contribution < 1.29 is 8.42 Å². The summed E-state index contributed by atoms with van der Waals surface area (Å²) in [5.41, 5.74) is 3.10. The van der Waals surface area contributed by atoms with Crippen LogP contribution in [0.15, 0.2) is 54.1 Å². The van der Waals surface area contributed by atoms with Crippen molar-refractivity contribution in [2.24, 2.45) is 0 Å². The maximum Gasteiger partial charge on any atom is 0.255 e. The van der Waals surface area contributed by atoms with Crippen molar-refractivity contribution >= 4 is 32.7 Å². The number of hydrogen-bond donors (Lipinski definition) is 2. The minimum Gasteiger partial charge on any atom is -0.278 e. The van der Waals surface area contributed by atoms with Crippen molar-refractivity contribution in [1.29, 1.82) is 0 Å². The van der Waals surface area contributed by atoms with E-state index in [-0.39, 0.29) is 0 Å². The van der Waals surface area contributed by atoms with Crippen molar-refractivity contribution in [1.82, 2.24) is 10.2 Å². The second-order valence-corrected chi connectivity index (χ2v) is 6.57. The number of sulfonamides is 1. The van der Waals surface area contributed by atoms with Gasteiger partial charge in [0.2, 0.25) is 0 Å². The highest BCUT2D eigenvalue weighted by Gasteiger charge is 2.09. The van der Waals surface area contributed by atoms with Crippen LogP contribution in [0.2, 0.25) is 0 Å². The number of para-hydroxylation sites is 1. The second-order valence-electron chi connectivity index (χ2n) is 5.00. The zero-order valence-corrected chi connectivity index (χ0v) is 12.8. The van der Waals surface area contributed by atoms with E-state index in [4.69, 9.17) is 0 Å². The van der Waals surface area contributed by atoms with Gasteiger partial charge in [-0.2, -0.15) is 5.10 Å². The Morgan fingerprint density at radius 3 is 2.68 bits per heavy atom. The molecule has 3 rings (SSSR count). The van der Waals surface area contributed by atoms with Crippen LogP contribution < -0.4 is 4.72 Å². The van der Waals surface area contributed by atoms with E-state index in [0.29, 0.717) is 11.2 Å². The van der Waals surface area contributed by atoms with E-state index in [1.807, 2.05) is 37.3 Å². The van der Waals surface area contributed by atoms with Crippen molar-refractivity contribution in [2.45, 2.75) is 6.92 Å². The summed E-state index contributed by atoms with van der Waals surface area (Å²) in [5.74, 6) is 0. The standard InChI is InChI=1S/C16H15N3O2S/c1-12-5-7-13(8-6-12)9-10-22(20,21)19-15-4-2-3-14-11-17-18-16(14)15/h2-11,19H,1H3,(H,17,18). The zero-order valence-electron chi connectivity index (χ0n) is 11.9. The summed E-state index contributed by atoms with van der Waals surface area (Å²) < 4.78 is 26.9. The number of fused-ring (bicyclic) bond motifs is 1. The van der Waals surface area contributed by atoms with Crippen LogP contribution in [-0.2, 0) is 10.0 Å². The molecule has 0 spiro atoms. The monoisotopic (exact) mass is 313 g/mol. The number of aryl methyl sites for hydroxylation is 1. The van der Waals surface area contributed by atoms with Crippen molar-refractivity contribution in [3.8, 4) is 0 Å². The number of H-pyrrole nitrogens is 1. The lowest BCUT2D eigenvalue weighted by molar-refractivity contribution is 0.609. The van der Waals surface area contributed by atoms with Gasteiger partial charge in [-0.15, -0.1) is 0 Å². The Morgan fingerprint density at radius 1 is 1.14 bits per heavy atom. The van der Waals surface area contributed by atoms with E-state index in [0.717, 1.165) is 21.9 Å². The number of nitrogens with zero attached hydrogens (tertiary/aromatic N) is 1. The SMILES string of the molecule is Cc1ccc(C=CS(=O)(=O)Nc2cccc3cn[nH]c23)cc1. The van der Waals surface area contributed by atoms with E-state index < -0.39 is 10.0 Å². The van der Waals surface area contributed by atoms with E-state index in [1.54, 1.807) is 24.4 Å². The average molecular weight is 313 g/mol. The summed E-state index contributed by atoms with van der Waals surface area (Å²) in [6.45, 7) is 1.98. The van der Waals surface area contributed by atoms with Gasteiger partial charge in [-0.05, 0) is 24.6 Å². The quantitative estimate of drug-likeness (QED) is 0.776. The van der Waals surface area contributed by atoms with Gasteiger partial charge in [-0.1, -0.05) is 42.0 Å². The Balaban J connectivity index is 1.84. The summed E-state index contributed by atoms with van der Waals surface area (Å²) in [7, 11) is -3.59. The molecule has 5 nitrogen and oxygen atoms in total. The summed E-state index contributed by atoms with van der Waals surface area (Å²) in [5, 5.41) is 8.71. The predicted molar refractivity (Wildman–Crippen MR) is 88.8 cm³/mol. The summed E-state index contributed by atoms with van der Waals surface area (Å²) in [6, 6.07) is 12.9. The van der Waals surface area contributed by atoms with E-state index in [1.165, 1.54) is 0 Å². The summed E-state index contributed by atoms with van der Waals surface area (Å²) >= 11 is 0. The molecule has 0 fully saturated rings. The molecule has 0 bridgehead atoms. The minimum absolute atomic E-state index is 0.476. The number of rotatable bonds is 4. The Labute approximate surface area is 128 Å². The highest BCUT2D eigenvalue weighted by Crippen LogP contribution is 2.21. The first kappa shape index (κ1) is 14.3. The first-order valence-electron chi connectivity index (χ1n) is 6.73. The molecule has 0 saturated carbocycles. The molecule has 0 unspecified atom stereocenters. The van der Waals surface area contributed by atoms with Gasteiger partial charge in [-0.3, -0.25) is 9.82 Å². The van der Waals surface area contributed by atoms with Crippen LogP contribution in [0.5, 0.6) is 0 Å². The smallest absolute Gasteiger partial charge is 0.255 e. The number of hydrogen-bond acceptors (Lipinski definition) is 3. The first-order chi connectivity index (χ1) is 10.5. The molecule has 0 amide bonds. The van der Waals surface area contributed by atoms with Crippen LogP contribution in [0.25, 0.3) is 17.0 Å². The molecule has 22 heavy (non-hydrogen) atoms. The second kappa shape index (κ2) is 5.65. The summed E-state index contributed by atoms with van der Waals surface area (Å²) in [4.78, 5) is 0. The van der Waals surface area contributed by atoms with Crippen molar-refractivity contribution in [3.63, 3.8) is 0 Å². The lowest BCUT2D eigenvalue weighted by Gasteiger charge is -2.05. The number of aromatic amines is 1. The minimum atomic E-state index is -3.59. The molecule has 6 heteroatoms. The van der Waals surface area contributed by atoms with Gasteiger partial charge in [0.25, 0.3) is 10.0 Å². The van der Waals surface area contributed by atoms with Crippen LogP contribution in [-0.4, -0.2) is 18.6 Å². The molecule has 1 heterocycles. The van der Waals surface area contributed by atoms with Gasteiger partial charge in [0.15, 0.2) is 0 Å². The normalized spacial score (nSPS) is 12.0. The fourth-order valence-corrected chi connectivity index (χ4v) is 2.97. The molecular weight excluding hydrogens is 298 g/mol. The molecule has 2 aromatic carbocycles. The lowest BCUT2D eigenvalue weighted by atomic mass is 10.2. The topological polar surface area (TPSA) is 74.8 Å². The molecular formula is C16H15N3O2S. The van der Waals surface area contributed by atoms with Crippen LogP contribution in [0.4, 0.5) is 5.69 Å². The van der Waals surface area contributed by atoms with E-state index in [9.17, 15) is 8.42 Å². The van der Waals surface area contributed by atoms with Gasteiger partial charge in [0.05, 0.1) is 22.8 Å². The molecule has 3 aromatic rings. The highest BCUT2D eigenvalue weighted by molar-refractivity contribution is 7.95. The molecule has 1 aromatic heterocycles. The first-order valence-corrected chi connectivity index (χ1v) is 8.28. The largest absolute Gasteiger partial charge is 0.278 e. The number of benzene rings is 2. The molecule has 0 aliphatic rings. The lowest BCUT2D eigenvalue weighted by Crippen LogP contribution is -2.09. The highest BCUT2D eigenvalue weighted by atomic mass is 32.2. The van der Waals surface area contributed by atoms with Gasteiger partial charge in [0, 0.05) is 5.39 Å². The Morgan fingerprint density at radius 2 is 1.91 bits per heavy atom. The maximum atomic E-state index is 12.2. The summed E-state index contributed by atoms with van der Waals surface area (Å²) in [6.07, 6.45) is 3.21. The van der Waals surface area contributed by atoms with Crippen LogP contribution >= 0.6 is 0 Å². The predicted octanol–water partition coefficient (Wildman–Crippen LogP) is 3.28. The fourth-order valence-electron chi connectivity index (χ4n) is 2.09. The van der Waals surface area contributed by atoms with Gasteiger partial charge < -0.3 is 0 Å². The Kier molecular flexibility index (Phi) is 3.68. The number of aromatic nitrogens is 2. The Bertz CT molecular complexity index is 925. The Hall–Kier alpha value is -2.60. The van der Waals surface area contributed by atoms with E-state index >= 15 is 0 Å². The number of anilines is 1. The number of nitrogens with one attached hydrogen (secondary N) is 2. The molecule has 0 aliphatic carbocycles. The molecule has 2 N–H and O–H groups in total. The third-order valence-electron chi connectivity index (χ3n) is 3.25. The fraction of sp³-hybridized carbons (Fsp3) is 0.0625. The van der Waals surface area contributed by atoms with Gasteiger partial charge in [0.1, 0.15) is 0 Å². The molecule has 0 radical (unpaired) electrons. The maximum absolute atomic E-state index is 12.2. The van der Waals surface area contributed by atoms with Gasteiger partial charge in [-0.25, -0.2) is 8.42 Å². The van der Waals surface area contributed by atoms with E-state index in [2.05, 4.69) is 14.9 Å². The van der Waals surface area contributed by atoms with Crippen molar-refractivity contribution in [2.75, 3.05) is 4.72 Å². The van der Waals surface area contributed by atoms with Gasteiger partial charge >= 0.3 is 0 Å². The van der Waals surface area contributed by atoms with Crippen LogP contribution in [0, 0.1) is 6.92 Å². The third-order valence-corrected chi connectivity index (χ3v) is 4.24. The molecule has 0 saturated heterocycles. The molecule has 112 valence electrons. The van der Waals surface area contributed by atoms with Crippen molar-refractivity contribution in [3.05, 3.63) is 65.2 Å². The average Bonchev–Trinajstić information content (AvgIpc) is 2.96. The third kappa shape index (κ3) is 3.17. The molecule has 0 atom stereocenters. The molecule has 0 aliphatic heterocycles. The zero-order chi connectivity index (χ0) is 15.6.